The largest absolute Gasteiger partial charge is 0.449 e. The number of hydrogen-bond acceptors (Lipinski definition) is 3. The zero-order chi connectivity index (χ0) is 21.1. The second-order valence-corrected chi connectivity index (χ2v) is 19.7. The zero-order valence-corrected chi connectivity index (χ0v) is 21.5. The molecule has 0 saturated carbocycles. The highest BCUT2D eigenvalue weighted by molar-refractivity contribution is 6.83. The van der Waals surface area contributed by atoms with E-state index in [0.29, 0.717) is 5.04 Å². The molecule has 0 heterocycles. The Morgan fingerprint density at radius 1 is 0.926 bits per heavy atom. The molecule has 0 aromatic heterocycles. The summed E-state index contributed by atoms with van der Waals surface area (Å²) in [6.07, 6.45) is 7.74. The molecule has 5 heteroatoms. The van der Waals surface area contributed by atoms with E-state index in [1.807, 2.05) is 0 Å². The fourth-order valence-electron chi connectivity index (χ4n) is 2.34. The molecule has 0 aromatic carbocycles. The van der Waals surface area contributed by atoms with Gasteiger partial charge in [0.25, 0.3) is 0 Å². The topological polar surface area (TPSA) is 35.5 Å². The molecule has 0 N–H and O–H groups in total. The molecule has 1 unspecified atom stereocenters. The van der Waals surface area contributed by atoms with Crippen LogP contribution in [0.5, 0.6) is 0 Å². The lowest BCUT2D eigenvalue weighted by atomic mass is 10.1. The Kier molecular flexibility index (Phi) is 11.8. The number of carbonyl (C=O) groups excluding carboxylic acids is 1. The summed E-state index contributed by atoms with van der Waals surface area (Å²) in [5.41, 5.74) is 3.33. The van der Waals surface area contributed by atoms with Crippen LogP contribution in [0.3, 0.4) is 0 Å². The highest BCUT2D eigenvalue weighted by Crippen LogP contribution is 2.36. The Hall–Kier alpha value is -0.576. The molecule has 0 saturated heterocycles. The van der Waals surface area contributed by atoms with Crippen molar-refractivity contribution >= 4 is 22.4 Å². The monoisotopic (exact) mass is 412 g/mol. The Balaban J connectivity index is 3.93. The van der Waals surface area contributed by atoms with Gasteiger partial charge in [-0.05, 0) is 37.4 Å². The van der Waals surface area contributed by atoms with Crippen molar-refractivity contribution in [2.75, 3.05) is 6.61 Å². The number of rotatable bonds is 11. The molecule has 0 aromatic rings. The average Bonchev–Trinajstić information content (AvgIpc) is 2.48. The van der Waals surface area contributed by atoms with Gasteiger partial charge in [0.1, 0.15) is 8.07 Å². The van der Waals surface area contributed by atoms with E-state index < -0.39 is 16.4 Å². The maximum absolute atomic E-state index is 11.3. The van der Waals surface area contributed by atoms with Crippen LogP contribution in [0.15, 0.2) is 0 Å². The maximum Gasteiger partial charge on any atom is 0.303 e. The lowest BCUT2D eigenvalue weighted by molar-refractivity contribution is -0.144. The van der Waals surface area contributed by atoms with Crippen molar-refractivity contribution in [1.29, 1.82) is 0 Å². The Morgan fingerprint density at radius 2 is 1.44 bits per heavy atom. The summed E-state index contributed by atoms with van der Waals surface area (Å²) in [5.74, 6) is 2.96. The lowest BCUT2D eigenvalue weighted by Gasteiger charge is -2.36. The third-order valence-corrected chi connectivity index (χ3v) is 10.5. The van der Waals surface area contributed by atoms with Crippen LogP contribution >= 0.6 is 0 Å². The maximum atomic E-state index is 11.3. The zero-order valence-electron chi connectivity index (χ0n) is 19.5. The third kappa shape index (κ3) is 14.1. The van der Waals surface area contributed by atoms with Gasteiger partial charge in [-0.15, -0.1) is 5.54 Å². The summed E-state index contributed by atoms with van der Waals surface area (Å²) in [5, 5.41) is 0.295. The molecule has 0 aliphatic carbocycles. The standard InChI is InChI=1S/C22H44O3Si2/c1-20(23)25-21(17-19-26(5,6)7)16-14-12-10-11-13-15-18-24-27(8,9)22(2,3)4/h21H,10-16,18H2,1-9H3. The van der Waals surface area contributed by atoms with Gasteiger partial charge in [-0.25, -0.2) is 0 Å². The number of carbonyl (C=O) groups is 1. The predicted octanol–water partition coefficient (Wildman–Crippen LogP) is 6.55. The van der Waals surface area contributed by atoms with Crippen molar-refractivity contribution in [2.24, 2.45) is 0 Å². The molecule has 3 nitrogen and oxygen atoms in total. The smallest absolute Gasteiger partial charge is 0.303 e. The van der Waals surface area contributed by atoms with Crippen LogP contribution in [0.2, 0.25) is 37.8 Å². The molecule has 0 bridgehead atoms. The summed E-state index contributed by atoms with van der Waals surface area (Å²) < 4.78 is 11.6. The fourth-order valence-corrected chi connectivity index (χ4v) is 4.02. The molecule has 27 heavy (non-hydrogen) atoms. The summed E-state index contributed by atoms with van der Waals surface area (Å²) in [4.78, 5) is 11.3. The van der Waals surface area contributed by atoms with Crippen LogP contribution in [0.1, 0.15) is 72.6 Å². The number of hydrogen-bond donors (Lipinski definition) is 0. The SMILES string of the molecule is CC(=O)OC(C#C[Si](C)(C)C)CCCCCCCCO[Si](C)(C)C(C)(C)C. The van der Waals surface area contributed by atoms with Gasteiger partial charge in [0, 0.05) is 13.5 Å². The highest BCUT2D eigenvalue weighted by Gasteiger charge is 2.36. The van der Waals surface area contributed by atoms with Crippen LogP contribution in [-0.2, 0) is 14.0 Å². The first-order valence-electron chi connectivity index (χ1n) is 10.6. The van der Waals surface area contributed by atoms with Gasteiger partial charge in [0.2, 0.25) is 0 Å². The number of unbranched alkanes of at least 4 members (excludes halogenated alkanes) is 5. The van der Waals surface area contributed by atoms with Crippen LogP contribution in [0.25, 0.3) is 0 Å². The first-order chi connectivity index (χ1) is 12.2. The molecule has 0 radical (unpaired) electrons. The van der Waals surface area contributed by atoms with Crippen LogP contribution in [0.4, 0.5) is 0 Å². The van der Waals surface area contributed by atoms with Gasteiger partial charge in [0.15, 0.2) is 14.4 Å². The number of esters is 1. The lowest BCUT2D eigenvalue weighted by Crippen LogP contribution is -2.40. The molecule has 1 atom stereocenters. The first-order valence-corrected chi connectivity index (χ1v) is 17.0. The van der Waals surface area contributed by atoms with Crippen molar-refractivity contribution < 1.29 is 14.0 Å². The Bertz CT molecular complexity index is 490. The van der Waals surface area contributed by atoms with Gasteiger partial charge in [-0.2, -0.15) is 0 Å². The van der Waals surface area contributed by atoms with Gasteiger partial charge >= 0.3 is 5.97 Å². The molecule has 158 valence electrons. The summed E-state index contributed by atoms with van der Waals surface area (Å²) in [7, 11) is -3.02. The van der Waals surface area contributed by atoms with Crippen molar-refractivity contribution in [2.45, 2.75) is 117 Å². The van der Waals surface area contributed by atoms with Crippen molar-refractivity contribution in [3.05, 3.63) is 0 Å². The molecule has 0 fully saturated rings. The molecule has 0 spiro atoms. The van der Waals surface area contributed by atoms with Gasteiger partial charge < -0.3 is 9.16 Å². The molecule has 0 aliphatic heterocycles. The van der Waals surface area contributed by atoms with E-state index in [2.05, 4.69) is 65.0 Å². The normalized spacial score (nSPS) is 13.7. The summed E-state index contributed by atoms with van der Waals surface area (Å²) >= 11 is 0. The van der Waals surface area contributed by atoms with Gasteiger partial charge in [-0.3, -0.25) is 4.79 Å². The van der Waals surface area contributed by atoms with E-state index in [4.69, 9.17) is 9.16 Å². The van der Waals surface area contributed by atoms with Crippen LogP contribution in [-0.4, -0.2) is 35.1 Å². The van der Waals surface area contributed by atoms with E-state index in [1.54, 1.807) is 0 Å². The first kappa shape index (κ1) is 26.4. The van der Waals surface area contributed by atoms with Gasteiger partial charge in [0.05, 0.1) is 0 Å². The van der Waals surface area contributed by atoms with Crippen molar-refractivity contribution in [3.8, 4) is 11.5 Å². The third-order valence-electron chi connectivity index (χ3n) is 5.05. The number of ether oxygens (including phenoxy) is 1. The minimum Gasteiger partial charge on any atom is -0.449 e. The minimum atomic E-state index is -1.59. The predicted molar refractivity (Wildman–Crippen MR) is 122 cm³/mol. The Morgan fingerprint density at radius 3 is 1.93 bits per heavy atom. The van der Waals surface area contributed by atoms with E-state index in [0.717, 1.165) is 25.9 Å². The van der Waals surface area contributed by atoms with Crippen LogP contribution in [0, 0.1) is 11.5 Å². The fraction of sp³-hybridized carbons (Fsp3) is 0.864. The second-order valence-electron chi connectivity index (χ2n) is 10.1. The van der Waals surface area contributed by atoms with Gasteiger partial charge in [-0.1, -0.05) is 72.0 Å². The van der Waals surface area contributed by atoms with E-state index in [-0.39, 0.29) is 12.1 Å². The quantitative estimate of drug-likeness (QED) is 0.167. The molecule has 0 aliphatic rings. The molecular formula is C22H44O3Si2. The molecule has 0 rings (SSSR count). The van der Waals surface area contributed by atoms with Crippen molar-refractivity contribution in [1.82, 2.24) is 0 Å². The van der Waals surface area contributed by atoms with Crippen molar-refractivity contribution in [3.63, 3.8) is 0 Å². The molecule has 0 amide bonds. The average molecular weight is 413 g/mol. The van der Waals surface area contributed by atoms with Crippen LogP contribution < -0.4 is 0 Å². The van der Waals surface area contributed by atoms with E-state index in [9.17, 15) is 4.79 Å². The van der Waals surface area contributed by atoms with E-state index in [1.165, 1.54) is 32.6 Å². The minimum absolute atomic E-state index is 0.229. The van der Waals surface area contributed by atoms with E-state index >= 15 is 0 Å². The molecular weight excluding hydrogens is 368 g/mol. The highest BCUT2D eigenvalue weighted by atomic mass is 28.4. The second kappa shape index (κ2) is 12.1. The summed E-state index contributed by atoms with van der Waals surface area (Å²) in [6.45, 7) is 20.5. The summed E-state index contributed by atoms with van der Waals surface area (Å²) in [6, 6.07) is 0. The Labute approximate surface area is 171 Å².